The van der Waals surface area contributed by atoms with E-state index in [4.69, 9.17) is 10.6 Å². The van der Waals surface area contributed by atoms with Crippen LogP contribution in [0.3, 0.4) is 0 Å². The van der Waals surface area contributed by atoms with Gasteiger partial charge in [-0.15, -0.1) is 0 Å². The number of hydrogen-bond donors (Lipinski definition) is 2. The van der Waals surface area contributed by atoms with Crippen LogP contribution in [0.4, 0.5) is 5.82 Å². The van der Waals surface area contributed by atoms with E-state index in [1.165, 1.54) is 0 Å². The summed E-state index contributed by atoms with van der Waals surface area (Å²) in [7, 11) is 1.80. The molecule has 0 saturated carbocycles. The summed E-state index contributed by atoms with van der Waals surface area (Å²) >= 11 is 0. The fraction of sp³-hybridized carbons (Fsp3) is 0.300. The van der Waals surface area contributed by atoms with Gasteiger partial charge >= 0.3 is 0 Å². The molecule has 0 amide bonds. The van der Waals surface area contributed by atoms with E-state index in [2.05, 4.69) is 20.5 Å². The number of aryl methyl sites for hydroxylation is 3. The number of hydrogen-bond acceptors (Lipinski definition) is 6. The molecule has 17 heavy (non-hydrogen) atoms. The van der Waals surface area contributed by atoms with Crippen LogP contribution in [0.1, 0.15) is 11.5 Å². The molecule has 0 aliphatic carbocycles. The Morgan fingerprint density at radius 1 is 1.29 bits per heavy atom. The molecule has 90 valence electrons. The van der Waals surface area contributed by atoms with E-state index < -0.39 is 0 Å². The summed E-state index contributed by atoms with van der Waals surface area (Å²) < 4.78 is 7.25. The van der Waals surface area contributed by atoms with Gasteiger partial charge in [-0.3, -0.25) is 0 Å². The number of nitrogens with one attached hydrogen (secondary N) is 1. The zero-order chi connectivity index (χ0) is 12.4. The molecule has 0 radical (unpaired) electrons. The lowest BCUT2D eigenvalue weighted by Gasteiger charge is -2.06. The predicted octanol–water partition coefficient (Wildman–Crippen LogP) is 0.905. The number of anilines is 1. The topological polar surface area (TPSA) is 90.9 Å². The lowest BCUT2D eigenvalue weighted by atomic mass is 10.5. The van der Waals surface area contributed by atoms with Crippen LogP contribution >= 0.6 is 0 Å². The highest BCUT2D eigenvalue weighted by Crippen LogP contribution is 2.21. The average molecular weight is 234 g/mol. The van der Waals surface area contributed by atoms with Gasteiger partial charge in [0.25, 0.3) is 0 Å². The van der Waals surface area contributed by atoms with Gasteiger partial charge in [0.2, 0.25) is 11.8 Å². The molecule has 0 fully saturated rings. The van der Waals surface area contributed by atoms with Crippen molar-refractivity contribution in [3.05, 3.63) is 23.7 Å². The normalized spacial score (nSPS) is 10.4. The number of nitrogens with zero attached hydrogens (tertiary/aromatic N) is 4. The van der Waals surface area contributed by atoms with Crippen LogP contribution in [-0.2, 0) is 7.05 Å². The summed E-state index contributed by atoms with van der Waals surface area (Å²) in [6.45, 7) is 3.66. The molecule has 0 unspecified atom stereocenters. The first-order chi connectivity index (χ1) is 8.08. The first kappa shape index (κ1) is 11.3. The predicted molar refractivity (Wildman–Crippen MR) is 62.6 cm³/mol. The van der Waals surface area contributed by atoms with E-state index in [1.807, 2.05) is 13.0 Å². The van der Waals surface area contributed by atoms with Crippen molar-refractivity contribution in [2.75, 3.05) is 5.43 Å². The minimum absolute atomic E-state index is 0.424. The molecule has 0 spiro atoms. The Bertz CT molecular complexity index is 536. The maximum absolute atomic E-state index is 5.61. The minimum Gasteiger partial charge on any atom is -0.421 e. The summed E-state index contributed by atoms with van der Waals surface area (Å²) in [4.78, 5) is 8.23. The summed E-state index contributed by atoms with van der Waals surface area (Å²) in [5.74, 6) is 7.42. The zero-order valence-corrected chi connectivity index (χ0v) is 9.93. The molecular formula is C10H14N6O. The fourth-order valence-corrected chi connectivity index (χ4v) is 1.46. The van der Waals surface area contributed by atoms with Gasteiger partial charge in [0, 0.05) is 19.2 Å². The maximum atomic E-state index is 5.61. The molecule has 2 aromatic heterocycles. The summed E-state index contributed by atoms with van der Waals surface area (Å²) in [5, 5.41) is 4.18. The fourth-order valence-electron chi connectivity index (χ4n) is 1.46. The van der Waals surface area contributed by atoms with E-state index in [1.54, 1.807) is 24.7 Å². The number of rotatable bonds is 3. The molecule has 0 atom stereocenters. The SMILES string of the molecule is Cc1cc(Oc2cc(NN)nc(C)n2)n(C)n1. The van der Waals surface area contributed by atoms with Gasteiger partial charge < -0.3 is 10.2 Å². The van der Waals surface area contributed by atoms with Crippen LogP contribution in [0.5, 0.6) is 11.8 Å². The third-order valence-electron chi connectivity index (χ3n) is 2.13. The molecule has 2 rings (SSSR count). The van der Waals surface area contributed by atoms with Crippen molar-refractivity contribution >= 4 is 5.82 Å². The highest BCUT2D eigenvalue weighted by molar-refractivity contribution is 5.38. The Morgan fingerprint density at radius 2 is 2.06 bits per heavy atom. The molecular weight excluding hydrogens is 220 g/mol. The molecule has 2 heterocycles. The monoisotopic (exact) mass is 234 g/mol. The number of hydrazine groups is 1. The Balaban J connectivity index is 2.29. The average Bonchev–Trinajstić information content (AvgIpc) is 2.56. The Morgan fingerprint density at radius 3 is 2.65 bits per heavy atom. The van der Waals surface area contributed by atoms with Crippen molar-refractivity contribution in [2.24, 2.45) is 12.9 Å². The van der Waals surface area contributed by atoms with Crippen molar-refractivity contribution in [1.29, 1.82) is 0 Å². The minimum atomic E-state index is 0.424. The van der Waals surface area contributed by atoms with Gasteiger partial charge in [0.15, 0.2) is 0 Å². The lowest BCUT2D eigenvalue weighted by Crippen LogP contribution is -2.10. The zero-order valence-electron chi connectivity index (χ0n) is 9.93. The quantitative estimate of drug-likeness (QED) is 0.605. The van der Waals surface area contributed by atoms with E-state index >= 15 is 0 Å². The van der Waals surface area contributed by atoms with E-state index in [0.29, 0.717) is 23.4 Å². The summed E-state index contributed by atoms with van der Waals surface area (Å²) in [5.41, 5.74) is 3.34. The molecule has 2 aromatic rings. The molecule has 0 aromatic carbocycles. The second kappa shape index (κ2) is 4.38. The number of nitrogen functional groups attached to an aromatic ring is 1. The largest absolute Gasteiger partial charge is 0.421 e. The van der Waals surface area contributed by atoms with Crippen molar-refractivity contribution in [2.45, 2.75) is 13.8 Å². The molecule has 3 N–H and O–H groups in total. The molecule has 0 aliphatic heterocycles. The van der Waals surface area contributed by atoms with Crippen LogP contribution in [0.25, 0.3) is 0 Å². The van der Waals surface area contributed by atoms with Crippen LogP contribution in [-0.4, -0.2) is 19.7 Å². The maximum Gasteiger partial charge on any atom is 0.226 e. The number of ether oxygens (including phenoxy) is 1. The summed E-state index contributed by atoms with van der Waals surface area (Å²) in [6, 6.07) is 3.45. The van der Waals surface area contributed by atoms with Crippen LogP contribution in [0.2, 0.25) is 0 Å². The van der Waals surface area contributed by atoms with E-state index in [9.17, 15) is 0 Å². The van der Waals surface area contributed by atoms with Gasteiger partial charge in [-0.25, -0.2) is 15.5 Å². The second-order valence-electron chi connectivity index (χ2n) is 3.63. The first-order valence-corrected chi connectivity index (χ1v) is 5.09. The standard InChI is InChI=1S/C10H14N6O/c1-6-4-10(16(3)15-6)17-9-5-8(14-11)12-7(2)13-9/h4-5H,11H2,1-3H3,(H,12,13,14). The summed E-state index contributed by atoms with van der Waals surface area (Å²) in [6.07, 6.45) is 0. The van der Waals surface area contributed by atoms with Gasteiger partial charge in [-0.1, -0.05) is 0 Å². The highest BCUT2D eigenvalue weighted by atomic mass is 16.5. The molecule has 0 aliphatic rings. The van der Waals surface area contributed by atoms with Gasteiger partial charge in [-0.2, -0.15) is 10.1 Å². The van der Waals surface area contributed by atoms with Gasteiger partial charge in [0.1, 0.15) is 11.6 Å². The molecule has 0 saturated heterocycles. The van der Waals surface area contributed by atoms with E-state index in [-0.39, 0.29) is 0 Å². The molecule has 7 nitrogen and oxygen atoms in total. The number of aromatic nitrogens is 4. The smallest absolute Gasteiger partial charge is 0.226 e. The second-order valence-corrected chi connectivity index (χ2v) is 3.63. The Hall–Kier alpha value is -2.15. The van der Waals surface area contributed by atoms with Crippen molar-refractivity contribution in [3.8, 4) is 11.8 Å². The van der Waals surface area contributed by atoms with Crippen molar-refractivity contribution in [1.82, 2.24) is 19.7 Å². The molecule has 7 heteroatoms. The van der Waals surface area contributed by atoms with E-state index in [0.717, 1.165) is 5.69 Å². The first-order valence-electron chi connectivity index (χ1n) is 5.09. The highest BCUT2D eigenvalue weighted by Gasteiger charge is 2.07. The van der Waals surface area contributed by atoms with Gasteiger partial charge in [-0.05, 0) is 13.8 Å². The van der Waals surface area contributed by atoms with Crippen molar-refractivity contribution < 1.29 is 4.74 Å². The van der Waals surface area contributed by atoms with Crippen molar-refractivity contribution in [3.63, 3.8) is 0 Å². The Kier molecular flexibility index (Phi) is 2.92. The van der Waals surface area contributed by atoms with Crippen LogP contribution < -0.4 is 16.0 Å². The third-order valence-corrected chi connectivity index (χ3v) is 2.13. The third kappa shape index (κ3) is 2.51. The Labute approximate surface area is 98.6 Å². The lowest BCUT2D eigenvalue weighted by molar-refractivity contribution is 0.413. The van der Waals surface area contributed by atoms with Crippen LogP contribution in [0, 0.1) is 13.8 Å². The number of nitrogens with two attached hydrogens (primary N) is 1. The van der Waals surface area contributed by atoms with Gasteiger partial charge in [0.05, 0.1) is 5.69 Å². The molecule has 0 bridgehead atoms. The van der Waals surface area contributed by atoms with Crippen LogP contribution in [0.15, 0.2) is 12.1 Å².